The Hall–Kier alpha value is -0.650. The zero-order valence-corrected chi connectivity index (χ0v) is 11.3. The lowest BCUT2D eigenvalue weighted by atomic mass is 9.92. The summed E-state index contributed by atoms with van der Waals surface area (Å²) in [6.07, 6.45) is 0.568. The molecule has 17 heavy (non-hydrogen) atoms. The highest BCUT2D eigenvalue weighted by molar-refractivity contribution is 5.83. The van der Waals surface area contributed by atoms with E-state index in [0.29, 0.717) is 6.42 Å². The predicted molar refractivity (Wildman–Crippen MR) is 67.5 cm³/mol. The van der Waals surface area contributed by atoms with Gasteiger partial charge in [0.1, 0.15) is 0 Å². The van der Waals surface area contributed by atoms with Gasteiger partial charge in [0.2, 0.25) is 5.91 Å². The maximum absolute atomic E-state index is 11.2. The van der Waals surface area contributed by atoms with Crippen molar-refractivity contribution in [1.29, 1.82) is 0 Å². The Bertz CT molecular complexity index is 289. The van der Waals surface area contributed by atoms with Crippen molar-refractivity contribution in [3.8, 4) is 0 Å². The molecule has 1 amide bonds. The average Bonchev–Trinajstić information content (AvgIpc) is 2.15. The van der Waals surface area contributed by atoms with Crippen molar-refractivity contribution in [1.82, 2.24) is 4.90 Å². The second-order valence-electron chi connectivity index (χ2n) is 5.91. The van der Waals surface area contributed by atoms with Gasteiger partial charge in [-0.25, -0.2) is 0 Å². The SMILES string of the molecule is CC(CC(C)(N)C(N)=O)N1CCOC(C)(C)C1. The second kappa shape index (κ2) is 4.92. The molecule has 0 aromatic heterocycles. The molecule has 0 saturated carbocycles. The summed E-state index contributed by atoms with van der Waals surface area (Å²) in [6.45, 7) is 10.4. The van der Waals surface area contributed by atoms with Gasteiger partial charge in [-0.2, -0.15) is 0 Å². The molecule has 1 heterocycles. The van der Waals surface area contributed by atoms with Gasteiger partial charge in [0.05, 0.1) is 17.7 Å². The number of primary amides is 1. The minimum Gasteiger partial charge on any atom is -0.373 e. The summed E-state index contributed by atoms with van der Waals surface area (Å²) in [6, 6.07) is 0.223. The molecule has 1 aliphatic rings. The van der Waals surface area contributed by atoms with E-state index in [1.807, 2.05) is 0 Å². The summed E-state index contributed by atoms with van der Waals surface area (Å²) >= 11 is 0. The summed E-state index contributed by atoms with van der Waals surface area (Å²) in [5.41, 5.74) is 10.1. The summed E-state index contributed by atoms with van der Waals surface area (Å²) in [5.74, 6) is -0.447. The molecule has 100 valence electrons. The van der Waals surface area contributed by atoms with Gasteiger partial charge in [0.25, 0.3) is 0 Å². The minimum atomic E-state index is -0.943. The smallest absolute Gasteiger partial charge is 0.237 e. The van der Waals surface area contributed by atoms with Crippen LogP contribution >= 0.6 is 0 Å². The Kier molecular flexibility index (Phi) is 4.17. The first-order valence-electron chi connectivity index (χ1n) is 6.11. The molecule has 5 heteroatoms. The molecule has 0 bridgehead atoms. The van der Waals surface area contributed by atoms with Crippen LogP contribution in [0.2, 0.25) is 0 Å². The highest BCUT2D eigenvalue weighted by Gasteiger charge is 2.34. The summed E-state index contributed by atoms with van der Waals surface area (Å²) in [7, 11) is 0. The lowest BCUT2D eigenvalue weighted by molar-refractivity contribution is -0.124. The summed E-state index contributed by atoms with van der Waals surface area (Å²) in [4.78, 5) is 13.5. The number of hydrogen-bond donors (Lipinski definition) is 2. The maximum Gasteiger partial charge on any atom is 0.237 e. The fourth-order valence-electron chi connectivity index (χ4n) is 2.27. The lowest BCUT2D eigenvalue weighted by Crippen LogP contribution is -2.57. The average molecular weight is 243 g/mol. The zero-order chi connectivity index (χ0) is 13.3. The van der Waals surface area contributed by atoms with Crippen molar-refractivity contribution in [3.05, 3.63) is 0 Å². The Labute approximate surface area is 103 Å². The molecule has 0 aromatic carbocycles. The number of morpholine rings is 1. The van der Waals surface area contributed by atoms with Gasteiger partial charge >= 0.3 is 0 Å². The molecule has 1 saturated heterocycles. The van der Waals surface area contributed by atoms with E-state index in [1.54, 1.807) is 6.92 Å². The van der Waals surface area contributed by atoms with Crippen LogP contribution in [0.3, 0.4) is 0 Å². The van der Waals surface area contributed by atoms with Gasteiger partial charge in [0, 0.05) is 19.1 Å². The van der Waals surface area contributed by atoms with Gasteiger partial charge < -0.3 is 16.2 Å². The number of amides is 1. The van der Waals surface area contributed by atoms with Crippen molar-refractivity contribution in [2.45, 2.75) is 51.3 Å². The topological polar surface area (TPSA) is 81.6 Å². The fraction of sp³-hybridized carbons (Fsp3) is 0.917. The Morgan fingerprint density at radius 1 is 1.59 bits per heavy atom. The number of ether oxygens (including phenoxy) is 1. The Morgan fingerprint density at radius 2 is 2.18 bits per heavy atom. The summed E-state index contributed by atoms with van der Waals surface area (Å²) < 4.78 is 5.66. The molecule has 0 aromatic rings. The lowest BCUT2D eigenvalue weighted by Gasteiger charge is -2.42. The number of carbonyl (C=O) groups is 1. The van der Waals surface area contributed by atoms with Crippen molar-refractivity contribution in [2.24, 2.45) is 11.5 Å². The number of nitrogens with two attached hydrogens (primary N) is 2. The van der Waals surface area contributed by atoms with Crippen LogP contribution in [0.1, 0.15) is 34.1 Å². The number of rotatable bonds is 4. The molecule has 2 atom stereocenters. The first kappa shape index (κ1) is 14.4. The zero-order valence-electron chi connectivity index (χ0n) is 11.3. The first-order valence-corrected chi connectivity index (χ1v) is 6.11. The monoisotopic (exact) mass is 243 g/mol. The van der Waals surface area contributed by atoms with E-state index in [2.05, 4.69) is 25.7 Å². The van der Waals surface area contributed by atoms with Gasteiger partial charge in [0.15, 0.2) is 0 Å². The predicted octanol–water partition coefficient (Wildman–Crippen LogP) is 0.0785. The standard InChI is InChI=1S/C12H25N3O2/c1-9(7-12(4,14)10(13)16)15-5-6-17-11(2,3)8-15/h9H,5-8,14H2,1-4H3,(H2,13,16). The van der Waals surface area contributed by atoms with E-state index in [-0.39, 0.29) is 11.6 Å². The third-order valence-electron chi connectivity index (χ3n) is 3.36. The van der Waals surface area contributed by atoms with Gasteiger partial charge in [-0.3, -0.25) is 9.69 Å². The quantitative estimate of drug-likeness (QED) is 0.732. The molecule has 1 rings (SSSR count). The number of nitrogens with zero attached hydrogens (tertiary/aromatic N) is 1. The fourth-order valence-corrected chi connectivity index (χ4v) is 2.27. The van der Waals surface area contributed by atoms with E-state index in [0.717, 1.165) is 19.7 Å². The van der Waals surface area contributed by atoms with E-state index < -0.39 is 11.4 Å². The molecule has 1 fully saturated rings. The first-order chi connectivity index (χ1) is 7.64. The Balaban J connectivity index is 2.58. The van der Waals surface area contributed by atoms with Crippen LogP contribution < -0.4 is 11.5 Å². The molecule has 0 spiro atoms. The molecule has 2 unspecified atom stereocenters. The normalized spacial score (nSPS) is 26.2. The molecule has 5 nitrogen and oxygen atoms in total. The molecular formula is C12H25N3O2. The molecular weight excluding hydrogens is 218 g/mol. The van der Waals surface area contributed by atoms with Crippen molar-refractivity contribution in [3.63, 3.8) is 0 Å². The van der Waals surface area contributed by atoms with Crippen LogP contribution in [0.25, 0.3) is 0 Å². The highest BCUT2D eigenvalue weighted by atomic mass is 16.5. The van der Waals surface area contributed by atoms with Crippen molar-refractivity contribution >= 4 is 5.91 Å². The maximum atomic E-state index is 11.2. The van der Waals surface area contributed by atoms with Crippen LogP contribution in [0.15, 0.2) is 0 Å². The largest absolute Gasteiger partial charge is 0.373 e. The molecule has 0 radical (unpaired) electrons. The van der Waals surface area contributed by atoms with E-state index in [1.165, 1.54) is 0 Å². The number of carbonyl (C=O) groups excluding carboxylic acids is 1. The van der Waals surface area contributed by atoms with E-state index in [9.17, 15) is 4.79 Å². The summed E-state index contributed by atoms with van der Waals surface area (Å²) in [5, 5.41) is 0. The van der Waals surface area contributed by atoms with Crippen LogP contribution in [-0.4, -0.2) is 47.7 Å². The van der Waals surface area contributed by atoms with Crippen LogP contribution in [-0.2, 0) is 9.53 Å². The number of hydrogen-bond acceptors (Lipinski definition) is 4. The third kappa shape index (κ3) is 3.94. The van der Waals surface area contributed by atoms with Crippen LogP contribution in [0.5, 0.6) is 0 Å². The minimum absolute atomic E-state index is 0.135. The van der Waals surface area contributed by atoms with Crippen LogP contribution in [0, 0.1) is 0 Å². The van der Waals surface area contributed by atoms with Crippen molar-refractivity contribution < 1.29 is 9.53 Å². The van der Waals surface area contributed by atoms with Crippen LogP contribution in [0.4, 0.5) is 0 Å². The molecule has 4 N–H and O–H groups in total. The van der Waals surface area contributed by atoms with Gasteiger partial charge in [-0.1, -0.05) is 0 Å². The van der Waals surface area contributed by atoms with E-state index >= 15 is 0 Å². The van der Waals surface area contributed by atoms with Gasteiger partial charge in [-0.15, -0.1) is 0 Å². The molecule has 0 aliphatic carbocycles. The third-order valence-corrected chi connectivity index (χ3v) is 3.36. The van der Waals surface area contributed by atoms with E-state index in [4.69, 9.17) is 16.2 Å². The Morgan fingerprint density at radius 3 is 2.65 bits per heavy atom. The van der Waals surface area contributed by atoms with Gasteiger partial charge in [-0.05, 0) is 34.1 Å². The molecule has 1 aliphatic heterocycles. The highest BCUT2D eigenvalue weighted by Crippen LogP contribution is 2.21. The second-order valence-corrected chi connectivity index (χ2v) is 5.91. The van der Waals surface area contributed by atoms with Crippen molar-refractivity contribution in [2.75, 3.05) is 19.7 Å².